The van der Waals surface area contributed by atoms with Crippen LogP contribution in [-0.2, 0) is 9.53 Å². The van der Waals surface area contributed by atoms with Crippen LogP contribution in [0.1, 0.15) is 39.5 Å². The molecule has 5 nitrogen and oxygen atoms in total. The molecule has 1 atom stereocenters. The van der Waals surface area contributed by atoms with E-state index in [1.165, 1.54) is 0 Å². The van der Waals surface area contributed by atoms with Gasteiger partial charge in [-0.2, -0.15) is 0 Å². The Hall–Kier alpha value is -0.650. The summed E-state index contributed by atoms with van der Waals surface area (Å²) in [5, 5.41) is 3.00. The molecule has 1 fully saturated rings. The Morgan fingerprint density at radius 3 is 2.74 bits per heavy atom. The molecular weight excluding hydrogens is 242 g/mol. The number of rotatable bonds is 8. The molecule has 1 saturated heterocycles. The highest BCUT2D eigenvalue weighted by Crippen LogP contribution is 2.13. The number of piperidine rings is 1. The zero-order valence-corrected chi connectivity index (χ0v) is 12.4. The molecule has 0 saturated carbocycles. The molecule has 0 aromatic rings. The molecule has 0 aromatic heterocycles. The number of ether oxygens (including phenoxy) is 1. The summed E-state index contributed by atoms with van der Waals surface area (Å²) in [4.78, 5) is 14.0. The number of hydrogen-bond acceptors (Lipinski definition) is 4. The van der Waals surface area contributed by atoms with Crippen molar-refractivity contribution in [3.8, 4) is 0 Å². The van der Waals surface area contributed by atoms with E-state index in [1.54, 1.807) is 0 Å². The lowest BCUT2D eigenvalue weighted by atomic mass is 10.1. The first-order chi connectivity index (χ1) is 9.15. The molecule has 3 N–H and O–H groups in total. The number of carbonyl (C=O) groups is 1. The van der Waals surface area contributed by atoms with Crippen LogP contribution in [0.15, 0.2) is 0 Å². The van der Waals surface area contributed by atoms with Gasteiger partial charge in [-0.1, -0.05) is 6.92 Å². The number of nitrogens with two attached hydrogens (primary N) is 1. The van der Waals surface area contributed by atoms with E-state index in [2.05, 4.69) is 17.1 Å². The van der Waals surface area contributed by atoms with Crippen LogP contribution in [0.25, 0.3) is 0 Å². The SMILES string of the molecule is CCC(C)NC(=O)CN1CCC(OCCCN)CC1. The standard InChI is InChI=1S/C14H29N3O2/c1-3-12(2)16-14(18)11-17-8-5-13(6-9-17)19-10-4-7-15/h12-13H,3-11,15H2,1-2H3,(H,16,18). The first-order valence-corrected chi connectivity index (χ1v) is 7.49. The van der Waals surface area contributed by atoms with Gasteiger partial charge >= 0.3 is 0 Å². The lowest BCUT2D eigenvalue weighted by Gasteiger charge is -2.31. The van der Waals surface area contributed by atoms with E-state index < -0.39 is 0 Å². The Morgan fingerprint density at radius 2 is 2.16 bits per heavy atom. The van der Waals surface area contributed by atoms with Crippen LogP contribution in [0.4, 0.5) is 0 Å². The van der Waals surface area contributed by atoms with Crippen molar-refractivity contribution in [3.05, 3.63) is 0 Å². The highest BCUT2D eigenvalue weighted by molar-refractivity contribution is 5.78. The van der Waals surface area contributed by atoms with Crippen LogP contribution in [-0.4, -0.2) is 55.7 Å². The van der Waals surface area contributed by atoms with E-state index in [4.69, 9.17) is 10.5 Å². The first-order valence-electron chi connectivity index (χ1n) is 7.49. The Bertz CT molecular complexity index is 253. The molecule has 19 heavy (non-hydrogen) atoms. The summed E-state index contributed by atoms with van der Waals surface area (Å²) < 4.78 is 5.75. The van der Waals surface area contributed by atoms with E-state index in [9.17, 15) is 4.79 Å². The molecular formula is C14H29N3O2. The van der Waals surface area contributed by atoms with Gasteiger partial charge < -0.3 is 15.8 Å². The molecule has 0 spiro atoms. The van der Waals surface area contributed by atoms with Gasteiger partial charge in [0.2, 0.25) is 5.91 Å². The molecule has 112 valence electrons. The van der Waals surface area contributed by atoms with Gasteiger partial charge in [0.25, 0.3) is 0 Å². The summed E-state index contributed by atoms with van der Waals surface area (Å²) >= 11 is 0. The van der Waals surface area contributed by atoms with Crippen LogP contribution in [0.2, 0.25) is 0 Å². The van der Waals surface area contributed by atoms with Gasteiger partial charge in [0.1, 0.15) is 0 Å². The molecule has 1 heterocycles. The van der Waals surface area contributed by atoms with Crippen molar-refractivity contribution < 1.29 is 9.53 Å². The Labute approximate surface area is 116 Å². The summed E-state index contributed by atoms with van der Waals surface area (Å²) in [6.07, 6.45) is 4.28. The van der Waals surface area contributed by atoms with Crippen molar-refractivity contribution in [3.63, 3.8) is 0 Å². The highest BCUT2D eigenvalue weighted by Gasteiger charge is 2.21. The summed E-state index contributed by atoms with van der Waals surface area (Å²) in [6, 6.07) is 0.268. The molecule has 1 amide bonds. The summed E-state index contributed by atoms with van der Waals surface area (Å²) in [7, 11) is 0. The molecule has 1 aliphatic heterocycles. The highest BCUT2D eigenvalue weighted by atomic mass is 16.5. The maximum atomic E-state index is 11.8. The van der Waals surface area contributed by atoms with E-state index in [0.29, 0.717) is 19.2 Å². The van der Waals surface area contributed by atoms with Gasteiger partial charge in [0, 0.05) is 25.7 Å². The average Bonchev–Trinajstić information content (AvgIpc) is 2.40. The molecule has 0 aromatic carbocycles. The fourth-order valence-electron chi connectivity index (χ4n) is 2.19. The number of nitrogens with zero attached hydrogens (tertiary/aromatic N) is 1. The van der Waals surface area contributed by atoms with Gasteiger partial charge in [-0.05, 0) is 39.2 Å². The number of likely N-dealkylation sites (tertiary alicyclic amines) is 1. The Morgan fingerprint density at radius 1 is 1.47 bits per heavy atom. The van der Waals surface area contributed by atoms with Crippen molar-refractivity contribution in [1.82, 2.24) is 10.2 Å². The second-order valence-electron chi connectivity index (χ2n) is 5.37. The van der Waals surface area contributed by atoms with E-state index in [1.807, 2.05) is 6.92 Å². The van der Waals surface area contributed by atoms with Crippen molar-refractivity contribution in [2.24, 2.45) is 5.73 Å². The van der Waals surface area contributed by atoms with Gasteiger partial charge in [-0.25, -0.2) is 0 Å². The molecule has 1 aliphatic rings. The van der Waals surface area contributed by atoms with Gasteiger partial charge in [0.15, 0.2) is 0 Å². The Balaban J connectivity index is 2.14. The first kappa shape index (κ1) is 16.4. The molecule has 1 rings (SSSR count). The van der Waals surface area contributed by atoms with Gasteiger partial charge in [-0.15, -0.1) is 0 Å². The molecule has 0 aliphatic carbocycles. The summed E-state index contributed by atoms with van der Waals surface area (Å²) in [5.41, 5.74) is 5.44. The zero-order chi connectivity index (χ0) is 14.1. The maximum absolute atomic E-state index is 11.8. The Kier molecular flexibility index (Phi) is 8.02. The lowest BCUT2D eigenvalue weighted by molar-refractivity contribution is -0.123. The van der Waals surface area contributed by atoms with Crippen LogP contribution in [0.3, 0.4) is 0 Å². The van der Waals surface area contributed by atoms with Crippen molar-refractivity contribution in [2.75, 3.05) is 32.8 Å². The topological polar surface area (TPSA) is 67.6 Å². The smallest absolute Gasteiger partial charge is 0.234 e. The second-order valence-corrected chi connectivity index (χ2v) is 5.37. The van der Waals surface area contributed by atoms with E-state index >= 15 is 0 Å². The molecule has 0 bridgehead atoms. The predicted octanol–water partition coefficient (Wildman–Crippen LogP) is 0.731. The van der Waals surface area contributed by atoms with Crippen LogP contribution < -0.4 is 11.1 Å². The zero-order valence-electron chi connectivity index (χ0n) is 12.4. The second kappa shape index (κ2) is 9.28. The minimum Gasteiger partial charge on any atom is -0.378 e. The number of amides is 1. The van der Waals surface area contributed by atoms with Crippen molar-refractivity contribution >= 4 is 5.91 Å². The van der Waals surface area contributed by atoms with Crippen LogP contribution >= 0.6 is 0 Å². The van der Waals surface area contributed by atoms with E-state index in [-0.39, 0.29) is 11.9 Å². The quantitative estimate of drug-likeness (QED) is 0.639. The number of carbonyl (C=O) groups excluding carboxylic acids is 1. The third-order valence-electron chi connectivity index (χ3n) is 3.62. The van der Waals surface area contributed by atoms with Crippen molar-refractivity contribution in [2.45, 2.75) is 51.7 Å². The maximum Gasteiger partial charge on any atom is 0.234 e. The third-order valence-corrected chi connectivity index (χ3v) is 3.62. The molecule has 0 radical (unpaired) electrons. The fraction of sp³-hybridized carbons (Fsp3) is 0.929. The largest absolute Gasteiger partial charge is 0.378 e. The normalized spacial score (nSPS) is 19.3. The third kappa shape index (κ3) is 6.89. The van der Waals surface area contributed by atoms with Crippen LogP contribution in [0.5, 0.6) is 0 Å². The number of hydrogen-bond donors (Lipinski definition) is 2. The van der Waals surface area contributed by atoms with Crippen molar-refractivity contribution in [1.29, 1.82) is 0 Å². The summed E-state index contributed by atoms with van der Waals surface area (Å²) in [6.45, 7) is 7.97. The summed E-state index contributed by atoms with van der Waals surface area (Å²) in [5.74, 6) is 0.136. The van der Waals surface area contributed by atoms with Gasteiger partial charge in [0.05, 0.1) is 12.6 Å². The fourth-order valence-corrected chi connectivity index (χ4v) is 2.19. The molecule has 1 unspecified atom stereocenters. The van der Waals surface area contributed by atoms with E-state index in [0.717, 1.165) is 45.4 Å². The predicted molar refractivity (Wildman–Crippen MR) is 77.0 cm³/mol. The van der Waals surface area contributed by atoms with Gasteiger partial charge in [-0.3, -0.25) is 9.69 Å². The monoisotopic (exact) mass is 271 g/mol. The molecule has 5 heteroatoms. The minimum atomic E-state index is 0.136. The minimum absolute atomic E-state index is 0.136. The average molecular weight is 271 g/mol. The number of nitrogens with one attached hydrogen (secondary N) is 1. The van der Waals surface area contributed by atoms with Crippen LogP contribution in [0, 0.1) is 0 Å². The lowest BCUT2D eigenvalue weighted by Crippen LogP contribution is -2.45.